The second kappa shape index (κ2) is 9.07. The molecule has 0 atom stereocenters. The molecule has 0 spiro atoms. The van der Waals surface area contributed by atoms with E-state index >= 15 is 0 Å². The number of amides is 1. The van der Waals surface area contributed by atoms with Crippen LogP contribution in [-0.2, 0) is 12.2 Å². The number of thioether (sulfide) groups is 1. The summed E-state index contributed by atoms with van der Waals surface area (Å²) in [6.07, 6.45) is 0.537. The van der Waals surface area contributed by atoms with Gasteiger partial charge in [-0.05, 0) is 42.0 Å². The fraction of sp³-hybridized carbons (Fsp3) is 0.143. The van der Waals surface area contributed by atoms with Crippen LogP contribution in [0.1, 0.15) is 21.7 Å². The number of nitrogens with zero attached hydrogens (tertiary/aromatic N) is 4. The Morgan fingerprint density at radius 3 is 2.72 bits per heavy atom. The highest BCUT2D eigenvalue weighted by atomic mass is 35.5. The van der Waals surface area contributed by atoms with Gasteiger partial charge in [-0.15, -0.1) is 10.2 Å². The average molecular weight is 424 g/mol. The highest BCUT2D eigenvalue weighted by Gasteiger charge is 2.10. The summed E-state index contributed by atoms with van der Waals surface area (Å²) in [4.78, 5) is 12.2. The van der Waals surface area contributed by atoms with E-state index < -0.39 is 0 Å². The lowest BCUT2D eigenvalue weighted by Crippen LogP contribution is -2.26. The molecule has 0 aliphatic rings. The lowest BCUT2D eigenvalue weighted by molar-refractivity contribution is 0.0954. The third kappa shape index (κ3) is 4.93. The van der Waals surface area contributed by atoms with Crippen molar-refractivity contribution in [3.8, 4) is 0 Å². The number of aromatic nitrogens is 4. The average Bonchev–Trinajstić information content (AvgIpc) is 3.15. The first-order chi connectivity index (χ1) is 14.2. The Bertz CT molecular complexity index is 1130. The molecular formula is C21H18ClN5OS. The number of fused-ring (bicyclic) bond motifs is 1. The van der Waals surface area contributed by atoms with Crippen LogP contribution in [0.5, 0.6) is 0 Å². The van der Waals surface area contributed by atoms with Crippen LogP contribution in [0.15, 0.2) is 71.8 Å². The largest absolute Gasteiger partial charge is 0.352 e. The summed E-state index contributed by atoms with van der Waals surface area (Å²) < 4.78 is 1.73. The molecule has 1 N–H and O–H groups in total. The van der Waals surface area contributed by atoms with E-state index in [0.717, 1.165) is 21.4 Å². The molecule has 2 heterocycles. The van der Waals surface area contributed by atoms with Gasteiger partial charge in [0.1, 0.15) is 5.03 Å². The molecule has 0 fully saturated rings. The molecule has 0 saturated carbocycles. The van der Waals surface area contributed by atoms with Crippen LogP contribution in [0.2, 0.25) is 5.02 Å². The van der Waals surface area contributed by atoms with Crippen molar-refractivity contribution in [3.05, 3.63) is 88.7 Å². The quantitative estimate of drug-likeness (QED) is 0.454. The van der Waals surface area contributed by atoms with E-state index in [9.17, 15) is 4.79 Å². The van der Waals surface area contributed by atoms with Gasteiger partial charge < -0.3 is 5.32 Å². The molecule has 0 aliphatic heterocycles. The number of halogens is 1. The molecule has 146 valence electrons. The van der Waals surface area contributed by atoms with Crippen LogP contribution in [0, 0.1) is 0 Å². The number of carbonyl (C=O) groups excluding carboxylic acids is 1. The molecule has 6 nitrogen and oxygen atoms in total. The molecular weight excluding hydrogens is 406 g/mol. The zero-order chi connectivity index (χ0) is 20.1. The van der Waals surface area contributed by atoms with Gasteiger partial charge in [0.05, 0.1) is 0 Å². The van der Waals surface area contributed by atoms with E-state index in [1.807, 2.05) is 54.6 Å². The third-order valence-electron chi connectivity index (χ3n) is 4.25. The Kier molecular flexibility index (Phi) is 6.07. The molecule has 0 bridgehead atoms. The van der Waals surface area contributed by atoms with Crippen LogP contribution < -0.4 is 5.32 Å². The molecule has 0 unspecified atom stereocenters. The molecule has 0 radical (unpaired) electrons. The van der Waals surface area contributed by atoms with Crippen molar-refractivity contribution in [1.82, 2.24) is 25.1 Å². The molecule has 4 aromatic rings. The van der Waals surface area contributed by atoms with Crippen molar-refractivity contribution in [1.29, 1.82) is 0 Å². The van der Waals surface area contributed by atoms with Gasteiger partial charge in [-0.1, -0.05) is 53.7 Å². The molecule has 2 aromatic heterocycles. The van der Waals surface area contributed by atoms with Crippen LogP contribution >= 0.6 is 23.4 Å². The minimum atomic E-state index is -0.106. The molecule has 2 aromatic carbocycles. The van der Waals surface area contributed by atoms with Crippen molar-refractivity contribution in [2.75, 3.05) is 6.54 Å². The van der Waals surface area contributed by atoms with Gasteiger partial charge in [-0.3, -0.25) is 4.79 Å². The molecule has 8 heteroatoms. The van der Waals surface area contributed by atoms with E-state index in [1.165, 1.54) is 0 Å². The zero-order valence-corrected chi connectivity index (χ0v) is 17.0. The van der Waals surface area contributed by atoms with E-state index in [-0.39, 0.29) is 5.91 Å². The standard InChI is InChI=1S/C21H18ClN5OS/c22-17-8-4-5-15(13-17)14-29-20-10-9-18-24-25-19(27(18)26-20)11-12-23-21(28)16-6-2-1-3-7-16/h1-10,13H,11-12,14H2,(H,23,28). The van der Waals surface area contributed by atoms with Crippen molar-refractivity contribution in [3.63, 3.8) is 0 Å². The fourth-order valence-electron chi connectivity index (χ4n) is 2.81. The maximum Gasteiger partial charge on any atom is 0.251 e. The van der Waals surface area contributed by atoms with E-state index in [4.69, 9.17) is 11.6 Å². The molecule has 4 rings (SSSR count). The maximum atomic E-state index is 12.2. The number of benzene rings is 2. The summed E-state index contributed by atoms with van der Waals surface area (Å²) >= 11 is 7.66. The minimum absolute atomic E-state index is 0.106. The van der Waals surface area contributed by atoms with Crippen LogP contribution in [0.4, 0.5) is 0 Å². The fourth-order valence-corrected chi connectivity index (χ4v) is 3.82. The minimum Gasteiger partial charge on any atom is -0.352 e. The summed E-state index contributed by atoms with van der Waals surface area (Å²) in [7, 11) is 0. The summed E-state index contributed by atoms with van der Waals surface area (Å²) in [6.45, 7) is 0.454. The second-order valence-corrected chi connectivity index (χ2v) is 7.78. The van der Waals surface area contributed by atoms with Gasteiger partial charge in [0.15, 0.2) is 11.5 Å². The summed E-state index contributed by atoms with van der Waals surface area (Å²) in [5, 5.41) is 17.5. The third-order valence-corrected chi connectivity index (χ3v) is 5.48. The molecule has 0 aliphatic carbocycles. The van der Waals surface area contributed by atoms with Crippen molar-refractivity contribution in [2.45, 2.75) is 17.2 Å². The summed E-state index contributed by atoms with van der Waals surface area (Å²) in [6, 6.07) is 20.8. The summed E-state index contributed by atoms with van der Waals surface area (Å²) in [5.74, 6) is 1.37. The first kappa shape index (κ1) is 19.4. The van der Waals surface area contributed by atoms with Crippen molar-refractivity contribution < 1.29 is 4.79 Å². The lowest BCUT2D eigenvalue weighted by Gasteiger charge is -2.05. The van der Waals surface area contributed by atoms with Gasteiger partial charge in [-0.25, -0.2) is 0 Å². The SMILES string of the molecule is O=C(NCCc1nnc2ccc(SCc3cccc(Cl)c3)nn12)c1ccccc1. The number of nitrogens with one attached hydrogen (secondary N) is 1. The van der Waals surface area contributed by atoms with Gasteiger partial charge in [-0.2, -0.15) is 9.61 Å². The van der Waals surface area contributed by atoms with Crippen molar-refractivity contribution >= 4 is 34.9 Å². The predicted molar refractivity (Wildman–Crippen MR) is 114 cm³/mol. The normalized spacial score (nSPS) is 10.9. The van der Waals surface area contributed by atoms with Gasteiger partial charge in [0.2, 0.25) is 0 Å². The van der Waals surface area contributed by atoms with Crippen LogP contribution in [-0.4, -0.2) is 32.3 Å². The highest BCUT2D eigenvalue weighted by Crippen LogP contribution is 2.22. The number of rotatable bonds is 7. The first-order valence-corrected chi connectivity index (χ1v) is 10.5. The Morgan fingerprint density at radius 1 is 1.03 bits per heavy atom. The predicted octanol–water partition coefficient (Wildman–Crippen LogP) is 4.04. The molecule has 1 amide bonds. The second-order valence-electron chi connectivity index (χ2n) is 6.35. The van der Waals surface area contributed by atoms with Crippen LogP contribution in [0.25, 0.3) is 5.65 Å². The van der Waals surface area contributed by atoms with Gasteiger partial charge in [0.25, 0.3) is 5.91 Å². The Balaban J connectivity index is 1.39. The monoisotopic (exact) mass is 423 g/mol. The topological polar surface area (TPSA) is 72.2 Å². The van der Waals surface area contributed by atoms with E-state index in [1.54, 1.807) is 28.4 Å². The zero-order valence-electron chi connectivity index (χ0n) is 15.5. The Labute approximate surface area is 177 Å². The highest BCUT2D eigenvalue weighted by molar-refractivity contribution is 7.98. The first-order valence-electron chi connectivity index (χ1n) is 9.11. The Morgan fingerprint density at radius 2 is 1.90 bits per heavy atom. The van der Waals surface area contributed by atoms with E-state index in [0.29, 0.717) is 30.0 Å². The lowest BCUT2D eigenvalue weighted by atomic mass is 10.2. The molecule has 0 saturated heterocycles. The summed E-state index contributed by atoms with van der Waals surface area (Å²) in [5.41, 5.74) is 2.45. The number of hydrogen-bond donors (Lipinski definition) is 1. The number of carbonyl (C=O) groups is 1. The molecule has 29 heavy (non-hydrogen) atoms. The number of hydrogen-bond acceptors (Lipinski definition) is 5. The van der Waals surface area contributed by atoms with E-state index in [2.05, 4.69) is 20.6 Å². The maximum absolute atomic E-state index is 12.2. The van der Waals surface area contributed by atoms with Crippen molar-refractivity contribution in [2.24, 2.45) is 0 Å². The van der Waals surface area contributed by atoms with Crippen LogP contribution in [0.3, 0.4) is 0 Å². The van der Waals surface area contributed by atoms with Gasteiger partial charge in [0, 0.05) is 29.3 Å². The Hall–Kier alpha value is -2.90. The smallest absolute Gasteiger partial charge is 0.251 e. The van der Waals surface area contributed by atoms with Gasteiger partial charge >= 0.3 is 0 Å².